The van der Waals surface area contributed by atoms with E-state index in [1.165, 1.54) is 0 Å². The molecule has 1 amide bonds. The normalized spacial score (nSPS) is 23.5. The topological polar surface area (TPSA) is 38.8 Å². The van der Waals surface area contributed by atoms with Gasteiger partial charge in [0, 0.05) is 19.6 Å². The lowest BCUT2D eigenvalue weighted by atomic mass is 9.83. The van der Waals surface area contributed by atoms with E-state index in [0.29, 0.717) is 0 Å². The number of nitrogens with zero attached hydrogens (tertiary/aromatic N) is 3. The summed E-state index contributed by atoms with van der Waals surface area (Å²) in [6.07, 6.45) is 1.98. The fourth-order valence-corrected chi connectivity index (χ4v) is 2.61. The van der Waals surface area contributed by atoms with Crippen LogP contribution in [-0.2, 0) is 4.79 Å². The van der Waals surface area contributed by atoms with Gasteiger partial charge in [0.25, 0.3) is 0 Å². The predicted molar refractivity (Wildman–Crippen MR) is 83.6 cm³/mol. The Balaban J connectivity index is 2.61. The fourth-order valence-electron chi connectivity index (χ4n) is 2.61. The quantitative estimate of drug-likeness (QED) is 0.778. The molecule has 1 atom stereocenters. The van der Waals surface area contributed by atoms with Gasteiger partial charge in [-0.1, -0.05) is 13.8 Å². The number of likely N-dealkylation sites (N-methyl/N-ethyl adjacent to an activating group) is 3. The molecule has 0 saturated carbocycles. The number of carbonyl (C=O) groups excluding carboxylic acids is 1. The van der Waals surface area contributed by atoms with Crippen LogP contribution in [0.5, 0.6) is 0 Å². The highest BCUT2D eigenvalue weighted by atomic mass is 16.2. The van der Waals surface area contributed by atoms with Crippen molar-refractivity contribution in [2.75, 3.05) is 54.5 Å². The first-order valence-corrected chi connectivity index (χ1v) is 7.54. The van der Waals surface area contributed by atoms with E-state index < -0.39 is 0 Å². The minimum absolute atomic E-state index is 0.0465. The van der Waals surface area contributed by atoms with Crippen LogP contribution in [0.25, 0.3) is 0 Å². The van der Waals surface area contributed by atoms with Crippen molar-refractivity contribution >= 4 is 5.91 Å². The van der Waals surface area contributed by atoms with E-state index in [0.717, 1.165) is 39.1 Å². The lowest BCUT2D eigenvalue weighted by molar-refractivity contribution is -0.134. The van der Waals surface area contributed by atoms with Crippen molar-refractivity contribution < 1.29 is 4.79 Å². The number of hydrogen-bond donors (Lipinski definition) is 1. The maximum Gasteiger partial charge on any atom is 0.240 e. The number of nitrogens with one attached hydrogen (secondary N) is 1. The van der Waals surface area contributed by atoms with Gasteiger partial charge in [-0.15, -0.1) is 0 Å². The highest BCUT2D eigenvalue weighted by Crippen LogP contribution is 2.30. The summed E-state index contributed by atoms with van der Waals surface area (Å²) in [4.78, 5) is 19.0. The van der Waals surface area contributed by atoms with Crippen LogP contribution in [0.1, 0.15) is 26.7 Å². The van der Waals surface area contributed by atoms with Gasteiger partial charge in [-0.3, -0.25) is 9.69 Å². The standard InChI is InChI=1S/C15H32N4O/c1-15(2)7-8-19(14(20)13(11-15)16-3)12-18(6)10-9-17(4)5/h13,16H,7-12H2,1-6H3. The van der Waals surface area contributed by atoms with Gasteiger partial charge in [0.15, 0.2) is 0 Å². The van der Waals surface area contributed by atoms with Crippen LogP contribution in [-0.4, -0.2) is 81.1 Å². The van der Waals surface area contributed by atoms with Crippen molar-refractivity contribution in [3.63, 3.8) is 0 Å². The smallest absolute Gasteiger partial charge is 0.240 e. The molecule has 1 aliphatic rings. The summed E-state index contributed by atoms with van der Waals surface area (Å²) in [6.45, 7) is 8.08. The zero-order chi connectivity index (χ0) is 15.3. The molecule has 0 spiro atoms. The van der Waals surface area contributed by atoms with E-state index in [1.54, 1.807) is 0 Å². The van der Waals surface area contributed by atoms with Crippen LogP contribution in [0.15, 0.2) is 0 Å². The summed E-state index contributed by atoms with van der Waals surface area (Å²) >= 11 is 0. The Morgan fingerprint density at radius 2 is 1.95 bits per heavy atom. The van der Waals surface area contributed by atoms with E-state index in [2.05, 4.69) is 50.1 Å². The van der Waals surface area contributed by atoms with Crippen LogP contribution in [0.3, 0.4) is 0 Å². The summed E-state index contributed by atoms with van der Waals surface area (Å²) in [6, 6.07) is -0.0465. The second kappa shape index (κ2) is 7.38. The van der Waals surface area contributed by atoms with Gasteiger partial charge >= 0.3 is 0 Å². The Hall–Kier alpha value is -0.650. The van der Waals surface area contributed by atoms with Gasteiger partial charge < -0.3 is 15.1 Å². The predicted octanol–water partition coefficient (Wildman–Crippen LogP) is 0.674. The molecule has 0 aromatic rings. The van der Waals surface area contributed by atoms with Crippen molar-refractivity contribution in [3.05, 3.63) is 0 Å². The monoisotopic (exact) mass is 284 g/mol. The van der Waals surface area contributed by atoms with Crippen molar-refractivity contribution in [3.8, 4) is 0 Å². The largest absolute Gasteiger partial charge is 0.328 e. The molecule has 20 heavy (non-hydrogen) atoms. The second-order valence-electron chi connectivity index (χ2n) is 7.09. The van der Waals surface area contributed by atoms with Crippen molar-refractivity contribution in [2.45, 2.75) is 32.7 Å². The van der Waals surface area contributed by atoms with E-state index in [1.807, 2.05) is 11.9 Å². The lowest BCUT2D eigenvalue weighted by Crippen LogP contribution is -2.48. The third-order valence-electron chi connectivity index (χ3n) is 4.11. The molecule has 118 valence electrons. The molecular formula is C15H32N4O. The molecule has 0 aromatic heterocycles. The minimum atomic E-state index is -0.0465. The molecule has 1 fully saturated rings. The molecule has 5 heteroatoms. The SMILES string of the molecule is CNC1CC(C)(C)CCN(CN(C)CCN(C)C)C1=O. The van der Waals surface area contributed by atoms with Crippen LogP contribution in [0.2, 0.25) is 0 Å². The summed E-state index contributed by atoms with van der Waals surface area (Å²) in [5, 5.41) is 3.18. The molecule has 5 nitrogen and oxygen atoms in total. The van der Waals surface area contributed by atoms with E-state index in [-0.39, 0.29) is 17.4 Å². The Morgan fingerprint density at radius 3 is 2.50 bits per heavy atom. The maximum absolute atomic E-state index is 12.6. The van der Waals surface area contributed by atoms with Gasteiger partial charge in [-0.25, -0.2) is 0 Å². The van der Waals surface area contributed by atoms with E-state index >= 15 is 0 Å². The van der Waals surface area contributed by atoms with Crippen molar-refractivity contribution in [2.24, 2.45) is 5.41 Å². The number of likely N-dealkylation sites (tertiary alicyclic amines) is 1. The first-order valence-electron chi connectivity index (χ1n) is 7.54. The molecular weight excluding hydrogens is 252 g/mol. The summed E-state index contributed by atoms with van der Waals surface area (Å²) in [5.41, 5.74) is 0.223. The Bertz CT molecular complexity index is 317. The third-order valence-corrected chi connectivity index (χ3v) is 4.11. The zero-order valence-corrected chi connectivity index (χ0v) is 14.1. The summed E-state index contributed by atoms with van der Waals surface area (Å²) < 4.78 is 0. The molecule has 1 unspecified atom stereocenters. The molecule has 0 radical (unpaired) electrons. The molecule has 1 N–H and O–H groups in total. The van der Waals surface area contributed by atoms with Crippen LogP contribution in [0.4, 0.5) is 0 Å². The van der Waals surface area contributed by atoms with E-state index in [9.17, 15) is 4.79 Å². The highest BCUT2D eigenvalue weighted by molar-refractivity contribution is 5.82. The fraction of sp³-hybridized carbons (Fsp3) is 0.933. The average molecular weight is 284 g/mol. The lowest BCUT2D eigenvalue weighted by Gasteiger charge is -2.29. The van der Waals surface area contributed by atoms with Gasteiger partial charge in [-0.05, 0) is 46.4 Å². The molecule has 1 saturated heterocycles. The van der Waals surface area contributed by atoms with Crippen LogP contribution >= 0.6 is 0 Å². The van der Waals surface area contributed by atoms with Gasteiger partial charge in [0.1, 0.15) is 0 Å². The van der Waals surface area contributed by atoms with Crippen molar-refractivity contribution in [1.82, 2.24) is 20.0 Å². The Kier molecular flexibility index (Phi) is 6.43. The summed E-state index contributed by atoms with van der Waals surface area (Å²) in [5.74, 6) is 0.245. The second-order valence-corrected chi connectivity index (χ2v) is 7.09. The molecule has 1 rings (SSSR count). The number of hydrogen-bond acceptors (Lipinski definition) is 4. The minimum Gasteiger partial charge on any atom is -0.328 e. The number of rotatable bonds is 6. The Labute approximate surface area is 124 Å². The molecule has 1 aliphatic heterocycles. The van der Waals surface area contributed by atoms with Crippen molar-refractivity contribution in [1.29, 1.82) is 0 Å². The van der Waals surface area contributed by atoms with Crippen LogP contribution in [0, 0.1) is 5.41 Å². The molecule has 0 bridgehead atoms. The molecule has 1 heterocycles. The summed E-state index contributed by atoms with van der Waals surface area (Å²) in [7, 11) is 8.12. The maximum atomic E-state index is 12.6. The number of amides is 1. The Morgan fingerprint density at radius 1 is 1.30 bits per heavy atom. The van der Waals surface area contributed by atoms with Gasteiger partial charge in [0.05, 0.1) is 12.7 Å². The molecule has 0 aliphatic carbocycles. The number of carbonyl (C=O) groups is 1. The molecule has 0 aromatic carbocycles. The first-order chi connectivity index (χ1) is 9.25. The average Bonchev–Trinajstić information content (AvgIpc) is 2.47. The zero-order valence-electron chi connectivity index (χ0n) is 14.1. The van der Waals surface area contributed by atoms with E-state index in [4.69, 9.17) is 0 Å². The first kappa shape index (κ1) is 17.4. The van der Waals surface area contributed by atoms with Crippen LogP contribution < -0.4 is 5.32 Å². The third kappa shape index (κ3) is 5.38. The van der Waals surface area contributed by atoms with Gasteiger partial charge in [0.2, 0.25) is 5.91 Å². The van der Waals surface area contributed by atoms with Gasteiger partial charge in [-0.2, -0.15) is 0 Å². The highest BCUT2D eigenvalue weighted by Gasteiger charge is 2.34.